The average Bonchev–Trinajstić information content (AvgIpc) is 3.48. The molecule has 0 radical (unpaired) electrons. The first-order chi connectivity index (χ1) is 16.0. The lowest BCUT2D eigenvalue weighted by Gasteiger charge is -2.15. The zero-order chi connectivity index (χ0) is 22.9. The van der Waals surface area contributed by atoms with E-state index in [1.807, 2.05) is 11.0 Å². The van der Waals surface area contributed by atoms with E-state index in [1.165, 1.54) is 11.8 Å². The van der Waals surface area contributed by atoms with Gasteiger partial charge in [0.25, 0.3) is 5.91 Å². The van der Waals surface area contributed by atoms with Crippen LogP contribution in [0.2, 0.25) is 5.02 Å². The molecule has 1 aliphatic heterocycles. The van der Waals surface area contributed by atoms with Crippen LogP contribution in [-0.4, -0.2) is 56.3 Å². The number of likely N-dealkylation sites (tertiary alicyclic amines) is 1. The zero-order valence-corrected chi connectivity index (χ0v) is 19.1. The van der Waals surface area contributed by atoms with Crippen molar-refractivity contribution >= 4 is 57.2 Å². The van der Waals surface area contributed by atoms with Crippen molar-refractivity contribution in [3.05, 3.63) is 51.4 Å². The highest BCUT2D eigenvalue weighted by molar-refractivity contribution is 7.99. The molecule has 5 rings (SSSR count). The first kappa shape index (κ1) is 21.6. The molecule has 4 N–H and O–H groups in total. The summed E-state index contributed by atoms with van der Waals surface area (Å²) in [7, 11) is 0. The Morgan fingerprint density at radius 2 is 2.03 bits per heavy atom. The van der Waals surface area contributed by atoms with Crippen molar-refractivity contribution in [1.82, 2.24) is 30.2 Å². The number of fused-ring (bicyclic) bond motifs is 2. The van der Waals surface area contributed by atoms with Gasteiger partial charge < -0.3 is 25.2 Å². The number of benzene rings is 2. The molecule has 170 valence electrons. The number of carbonyl (C=O) groups is 2. The van der Waals surface area contributed by atoms with Gasteiger partial charge in [0, 0.05) is 41.5 Å². The van der Waals surface area contributed by atoms with E-state index in [9.17, 15) is 14.4 Å². The second-order valence-corrected chi connectivity index (χ2v) is 9.34. The van der Waals surface area contributed by atoms with Crippen LogP contribution in [0.15, 0.2) is 45.2 Å². The minimum Gasteiger partial charge on any atom is -0.352 e. The van der Waals surface area contributed by atoms with E-state index in [2.05, 4.69) is 25.3 Å². The second-order valence-electron chi connectivity index (χ2n) is 7.88. The summed E-state index contributed by atoms with van der Waals surface area (Å²) in [5.74, 6) is -0.0670. The third-order valence-corrected chi connectivity index (χ3v) is 6.71. The van der Waals surface area contributed by atoms with Crippen molar-refractivity contribution < 1.29 is 9.59 Å². The van der Waals surface area contributed by atoms with Crippen LogP contribution in [0.5, 0.6) is 0 Å². The first-order valence-corrected chi connectivity index (χ1v) is 11.8. The fraction of sp³-hybridized carbons (Fsp3) is 0.273. The number of carbonyl (C=O) groups excluding carboxylic acids is 2. The van der Waals surface area contributed by atoms with Crippen LogP contribution in [-0.2, 0) is 4.79 Å². The number of aromatic amines is 3. The van der Waals surface area contributed by atoms with Crippen LogP contribution in [0.25, 0.3) is 22.1 Å². The minimum absolute atomic E-state index is 0.178. The molecule has 0 atom stereocenters. The summed E-state index contributed by atoms with van der Waals surface area (Å²) in [6.45, 7) is 1.89. The molecular formula is C22H21ClN6O3S. The molecule has 3 heterocycles. The highest BCUT2D eigenvalue weighted by Gasteiger charge is 2.19. The molecule has 1 aliphatic rings. The largest absolute Gasteiger partial charge is 0.352 e. The summed E-state index contributed by atoms with van der Waals surface area (Å²) in [5, 5.41) is 4.11. The maximum Gasteiger partial charge on any atom is 0.323 e. The SMILES string of the molecule is O=C(NCCCN1CCCC1=O)c1cc(Sc2nc3cc(Cl)ccc3[nH]2)c2[nH]c(=O)[nH]c2c1. The fourth-order valence-corrected chi connectivity index (χ4v) is 5.07. The van der Waals surface area contributed by atoms with Gasteiger partial charge in [-0.25, -0.2) is 9.78 Å². The smallest absolute Gasteiger partial charge is 0.323 e. The number of halogens is 1. The normalized spacial score (nSPS) is 14.0. The van der Waals surface area contributed by atoms with Gasteiger partial charge in [-0.15, -0.1) is 0 Å². The van der Waals surface area contributed by atoms with Crippen molar-refractivity contribution in [2.75, 3.05) is 19.6 Å². The van der Waals surface area contributed by atoms with Crippen molar-refractivity contribution in [2.24, 2.45) is 0 Å². The van der Waals surface area contributed by atoms with Crippen LogP contribution in [0.1, 0.15) is 29.6 Å². The summed E-state index contributed by atoms with van der Waals surface area (Å²) in [6.07, 6.45) is 2.20. The number of hydrogen-bond acceptors (Lipinski definition) is 5. The Morgan fingerprint density at radius 3 is 2.85 bits per heavy atom. The average molecular weight is 485 g/mol. The Bertz CT molecular complexity index is 1420. The predicted molar refractivity (Wildman–Crippen MR) is 127 cm³/mol. The summed E-state index contributed by atoms with van der Waals surface area (Å²) in [6, 6.07) is 8.78. The highest BCUT2D eigenvalue weighted by Crippen LogP contribution is 2.33. The molecule has 0 aliphatic carbocycles. The van der Waals surface area contributed by atoms with E-state index in [0.29, 0.717) is 57.6 Å². The fourth-order valence-electron chi connectivity index (χ4n) is 3.94. The molecule has 4 aromatic rings. The van der Waals surface area contributed by atoms with E-state index >= 15 is 0 Å². The third-order valence-electron chi connectivity index (χ3n) is 5.54. The molecule has 1 saturated heterocycles. The number of amides is 2. The van der Waals surface area contributed by atoms with Gasteiger partial charge in [0.15, 0.2) is 5.16 Å². The molecule has 33 heavy (non-hydrogen) atoms. The molecule has 2 aromatic heterocycles. The standard InChI is InChI=1S/C22H21ClN6O3S/c23-13-4-5-14-15(11-13)27-22(26-14)33-17-10-12(9-16-19(17)28-21(32)25-16)20(31)24-6-2-8-29-7-1-3-18(29)30/h4-5,9-11H,1-3,6-8H2,(H,24,31)(H,26,27)(H2,25,28,32). The van der Waals surface area contributed by atoms with E-state index in [4.69, 9.17) is 11.6 Å². The lowest BCUT2D eigenvalue weighted by Crippen LogP contribution is -2.30. The summed E-state index contributed by atoms with van der Waals surface area (Å²) in [4.78, 5) is 52.2. The molecular weight excluding hydrogens is 464 g/mol. The van der Waals surface area contributed by atoms with E-state index in [1.54, 1.807) is 24.3 Å². The lowest BCUT2D eigenvalue weighted by atomic mass is 10.2. The maximum atomic E-state index is 12.8. The number of rotatable bonds is 7. The monoisotopic (exact) mass is 484 g/mol. The number of imidazole rings is 2. The van der Waals surface area contributed by atoms with Crippen LogP contribution in [0, 0.1) is 0 Å². The van der Waals surface area contributed by atoms with Gasteiger partial charge in [0.05, 0.1) is 22.1 Å². The molecule has 0 spiro atoms. The zero-order valence-electron chi connectivity index (χ0n) is 17.5. The van der Waals surface area contributed by atoms with Crippen molar-refractivity contribution in [3.63, 3.8) is 0 Å². The van der Waals surface area contributed by atoms with E-state index < -0.39 is 0 Å². The van der Waals surface area contributed by atoms with Crippen LogP contribution in [0.4, 0.5) is 0 Å². The van der Waals surface area contributed by atoms with Gasteiger partial charge in [-0.3, -0.25) is 9.59 Å². The third kappa shape index (κ3) is 4.62. The summed E-state index contributed by atoms with van der Waals surface area (Å²) < 4.78 is 0. The Labute approximate surface area is 197 Å². The van der Waals surface area contributed by atoms with Crippen molar-refractivity contribution in [2.45, 2.75) is 29.3 Å². The maximum absolute atomic E-state index is 12.8. The van der Waals surface area contributed by atoms with Crippen molar-refractivity contribution in [3.8, 4) is 0 Å². The quantitative estimate of drug-likeness (QED) is 0.299. The van der Waals surface area contributed by atoms with Crippen LogP contribution in [0.3, 0.4) is 0 Å². The number of hydrogen-bond donors (Lipinski definition) is 4. The Hall–Kier alpha value is -3.24. The molecule has 9 nitrogen and oxygen atoms in total. The molecule has 1 fully saturated rings. The van der Waals surface area contributed by atoms with Gasteiger partial charge >= 0.3 is 5.69 Å². The van der Waals surface area contributed by atoms with Gasteiger partial charge in [-0.05, 0) is 54.9 Å². The predicted octanol–water partition coefficient (Wildman–Crippen LogP) is 3.28. The minimum atomic E-state index is -0.351. The van der Waals surface area contributed by atoms with E-state index in [0.717, 1.165) is 24.0 Å². The van der Waals surface area contributed by atoms with E-state index in [-0.39, 0.29) is 17.5 Å². The molecule has 11 heteroatoms. The molecule has 0 unspecified atom stereocenters. The lowest BCUT2D eigenvalue weighted by molar-refractivity contribution is -0.127. The molecule has 2 aromatic carbocycles. The Morgan fingerprint density at radius 1 is 1.15 bits per heavy atom. The van der Waals surface area contributed by atoms with Gasteiger partial charge in [-0.2, -0.15) is 0 Å². The number of aromatic nitrogens is 4. The Balaban J connectivity index is 1.34. The number of H-pyrrole nitrogens is 3. The number of nitrogens with one attached hydrogen (secondary N) is 4. The molecule has 0 bridgehead atoms. The van der Waals surface area contributed by atoms with Gasteiger partial charge in [-0.1, -0.05) is 11.6 Å². The number of nitrogens with zero attached hydrogens (tertiary/aromatic N) is 2. The van der Waals surface area contributed by atoms with Crippen LogP contribution >= 0.6 is 23.4 Å². The summed E-state index contributed by atoms with van der Waals surface area (Å²) in [5.41, 5.74) is 2.79. The highest BCUT2D eigenvalue weighted by atomic mass is 35.5. The van der Waals surface area contributed by atoms with Gasteiger partial charge in [0.2, 0.25) is 5.91 Å². The Kier molecular flexibility index (Phi) is 5.86. The second kappa shape index (κ2) is 8.95. The van der Waals surface area contributed by atoms with Gasteiger partial charge in [0.1, 0.15) is 0 Å². The topological polar surface area (TPSA) is 127 Å². The summed E-state index contributed by atoms with van der Waals surface area (Å²) >= 11 is 7.37. The van der Waals surface area contributed by atoms with Crippen LogP contribution < -0.4 is 11.0 Å². The van der Waals surface area contributed by atoms with Crippen molar-refractivity contribution in [1.29, 1.82) is 0 Å². The molecule has 2 amide bonds. The first-order valence-electron chi connectivity index (χ1n) is 10.6. The molecule has 0 saturated carbocycles.